The number of fused-ring (bicyclic) bond motifs is 1. The lowest BCUT2D eigenvalue weighted by molar-refractivity contribution is -0.152. The smallest absolute Gasteiger partial charge is 0.326 e. The Morgan fingerprint density at radius 3 is 2.32 bits per heavy atom. The maximum atomic E-state index is 13.0. The molecule has 3 N–H and O–H groups in total. The van der Waals surface area contributed by atoms with E-state index in [0.29, 0.717) is 11.1 Å². The van der Waals surface area contributed by atoms with Crippen molar-refractivity contribution in [1.82, 2.24) is 4.57 Å². The van der Waals surface area contributed by atoms with Crippen LogP contribution in [0.2, 0.25) is 0 Å². The normalized spacial score (nSPS) is 29.7. The van der Waals surface area contributed by atoms with Gasteiger partial charge in [-0.1, -0.05) is 25.5 Å². The van der Waals surface area contributed by atoms with E-state index in [1.807, 2.05) is 20.8 Å². The average Bonchev–Trinajstić information content (AvgIpc) is 3.31. The number of nitrogens with zero attached hydrogens (tertiary/aromatic N) is 1. The van der Waals surface area contributed by atoms with Gasteiger partial charge in [0.25, 0.3) is 0 Å². The highest BCUT2D eigenvalue weighted by Gasteiger charge is 2.66. The zero-order chi connectivity index (χ0) is 20.6. The van der Waals surface area contributed by atoms with Crippen molar-refractivity contribution in [3.05, 3.63) is 34.9 Å². The Morgan fingerprint density at radius 2 is 1.79 bits per heavy atom. The lowest BCUT2D eigenvalue weighted by Crippen LogP contribution is -2.50. The first-order valence-corrected chi connectivity index (χ1v) is 9.41. The molecule has 1 heterocycles. The monoisotopic (exact) mass is 387 g/mol. The number of Topliss-reactive ketones (excluding diaryl/α,β-unsaturated/α-hetero) is 1. The highest BCUT2D eigenvalue weighted by atomic mass is 16.5. The highest BCUT2D eigenvalue weighted by Crippen LogP contribution is 2.65. The average molecular weight is 387 g/mol. The van der Waals surface area contributed by atoms with E-state index in [0.717, 1.165) is 23.0 Å². The largest absolute Gasteiger partial charge is 0.494 e. The minimum Gasteiger partial charge on any atom is -0.494 e. The predicted octanol–water partition coefficient (Wildman–Crippen LogP) is 2.21. The van der Waals surface area contributed by atoms with Gasteiger partial charge >= 0.3 is 5.97 Å². The molecule has 1 aromatic heterocycles. The second kappa shape index (κ2) is 5.50. The number of carbonyl (C=O) groups is 2. The molecule has 0 aromatic carbocycles. The Labute approximate surface area is 162 Å². The van der Waals surface area contributed by atoms with Crippen LogP contribution >= 0.6 is 0 Å². The molecule has 0 bridgehead atoms. The van der Waals surface area contributed by atoms with Gasteiger partial charge in [-0.3, -0.25) is 14.2 Å². The summed E-state index contributed by atoms with van der Waals surface area (Å²) in [5.74, 6) is -1.44. The second-order valence-corrected chi connectivity index (χ2v) is 8.91. The van der Waals surface area contributed by atoms with E-state index < -0.39 is 28.5 Å². The molecular weight excluding hydrogens is 362 g/mol. The summed E-state index contributed by atoms with van der Waals surface area (Å²) in [5.41, 5.74) is -0.654. The van der Waals surface area contributed by atoms with Crippen molar-refractivity contribution in [2.75, 3.05) is 0 Å². The van der Waals surface area contributed by atoms with Crippen LogP contribution in [0, 0.1) is 10.8 Å². The van der Waals surface area contributed by atoms with E-state index in [1.165, 1.54) is 12.1 Å². The molecule has 150 valence electrons. The number of aliphatic hydroxyl groups is 1. The Bertz CT molecular complexity index is 938. The fourth-order valence-electron chi connectivity index (χ4n) is 4.83. The zero-order valence-corrected chi connectivity index (χ0v) is 16.4. The summed E-state index contributed by atoms with van der Waals surface area (Å²) < 4.78 is 6.80. The van der Waals surface area contributed by atoms with Crippen molar-refractivity contribution in [2.24, 2.45) is 10.8 Å². The third kappa shape index (κ3) is 2.32. The number of ketones is 1. The lowest BCUT2D eigenvalue weighted by Gasteiger charge is -2.40. The van der Waals surface area contributed by atoms with Gasteiger partial charge in [-0.25, -0.2) is 0 Å². The maximum Gasteiger partial charge on any atom is 0.326 e. The summed E-state index contributed by atoms with van der Waals surface area (Å²) in [4.78, 5) is 25.6. The van der Waals surface area contributed by atoms with Crippen LogP contribution in [0.5, 0.6) is 11.8 Å². The van der Waals surface area contributed by atoms with E-state index >= 15 is 0 Å². The summed E-state index contributed by atoms with van der Waals surface area (Å²) in [6.07, 6.45) is 2.55. The van der Waals surface area contributed by atoms with Gasteiger partial charge in [0.05, 0.1) is 0 Å². The van der Waals surface area contributed by atoms with Crippen LogP contribution in [0.3, 0.4) is 0 Å². The number of aromatic hydroxyl groups is 2. The number of hydrogen-bond donors (Lipinski definition) is 3. The molecule has 2 atom stereocenters. The van der Waals surface area contributed by atoms with Crippen LogP contribution in [0.1, 0.15) is 40.5 Å². The first-order valence-electron chi connectivity index (χ1n) is 9.41. The number of esters is 1. The van der Waals surface area contributed by atoms with Crippen LogP contribution in [0.4, 0.5) is 0 Å². The summed E-state index contributed by atoms with van der Waals surface area (Å²) in [7, 11) is 0. The van der Waals surface area contributed by atoms with Crippen LogP contribution in [0.25, 0.3) is 0 Å². The van der Waals surface area contributed by atoms with E-state index in [4.69, 9.17) is 4.74 Å². The second-order valence-electron chi connectivity index (χ2n) is 8.91. The standard InChI is InChI=1S/C21H25NO6/c1-11-16-12(17(26)20(4,27)21(11)7-8-21)9-19(2,3)18(16)28-15(25)10-22-13(23)5-6-14(22)24/h5-6,9,18,23-24,27H,7-8,10H2,1-4H3/t18-,20+/m1/s1. The maximum absolute atomic E-state index is 13.0. The summed E-state index contributed by atoms with van der Waals surface area (Å²) >= 11 is 0. The van der Waals surface area contributed by atoms with Gasteiger partial charge < -0.3 is 20.1 Å². The number of aromatic nitrogens is 1. The Hall–Kier alpha value is -2.54. The third-order valence-electron chi connectivity index (χ3n) is 6.71. The molecule has 1 fully saturated rings. The van der Waals surface area contributed by atoms with E-state index in [9.17, 15) is 24.9 Å². The fraction of sp³-hybridized carbons (Fsp3) is 0.524. The van der Waals surface area contributed by atoms with Gasteiger partial charge in [-0.15, -0.1) is 0 Å². The van der Waals surface area contributed by atoms with Crippen LogP contribution in [0.15, 0.2) is 34.9 Å². The van der Waals surface area contributed by atoms with Gasteiger partial charge in [0.2, 0.25) is 0 Å². The first-order chi connectivity index (χ1) is 12.9. The summed E-state index contributed by atoms with van der Waals surface area (Å²) in [6.45, 7) is 6.89. The number of carbonyl (C=O) groups excluding carboxylic acids is 2. The van der Waals surface area contributed by atoms with E-state index in [-0.39, 0.29) is 24.1 Å². The van der Waals surface area contributed by atoms with E-state index in [2.05, 4.69) is 0 Å². The molecule has 0 unspecified atom stereocenters. The molecule has 7 heteroatoms. The quantitative estimate of drug-likeness (QED) is 0.686. The number of ether oxygens (including phenoxy) is 1. The highest BCUT2D eigenvalue weighted by molar-refractivity contribution is 6.09. The van der Waals surface area contributed by atoms with E-state index in [1.54, 1.807) is 13.0 Å². The minimum atomic E-state index is -1.45. The van der Waals surface area contributed by atoms with Crippen molar-refractivity contribution >= 4 is 11.8 Å². The SMILES string of the molecule is CC1=C2C(=CC(C)(C)[C@@H]2OC(=O)Cn2c(O)ccc2O)C(=O)[C@](C)(O)C12CC2. The van der Waals surface area contributed by atoms with Crippen molar-refractivity contribution in [3.8, 4) is 11.8 Å². The number of hydrogen-bond acceptors (Lipinski definition) is 6. The Kier molecular flexibility index (Phi) is 3.70. The lowest BCUT2D eigenvalue weighted by atomic mass is 9.67. The molecule has 1 aromatic rings. The van der Waals surface area contributed by atoms with Gasteiger partial charge in [0.1, 0.15) is 18.2 Å². The van der Waals surface area contributed by atoms with Gasteiger partial charge in [0, 0.05) is 34.1 Å². The van der Waals surface area contributed by atoms with Crippen molar-refractivity contribution in [2.45, 2.75) is 58.8 Å². The first kappa shape index (κ1) is 18.8. The third-order valence-corrected chi connectivity index (χ3v) is 6.71. The molecule has 1 spiro atoms. The molecule has 1 saturated carbocycles. The fourth-order valence-corrected chi connectivity index (χ4v) is 4.83. The van der Waals surface area contributed by atoms with Gasteiger partial charge in [-0.05, 0) is 26.7 Å². The van der Waals surface area contributed by atoms with Crippen molar-refractivity contribution in [1.29, 1.82) is 0 Å². The molecule has 7 nitrogen and oxygen atoms in total. The molecule has 0 aliphatic heterocycles. The molecule has 4 rings (SSSR count). The number of rotatable bonds is 3. The molecular formula is C21H25NO6. The van der Waals surface area contributed by atoms with Gasteiger partial charge in [-0.2, -0.15) is 0 Å². The van der Waals surface area contributed by atoms with Crippen molar-refractivity contribution < 1.29 is 29.6 Å². The van der Waals surface area contributed by atoms with Crippen LogP contribution < -0.4 is 0 Å². The molecule has 3 aliphatic rings. The summed E-state index contributed by atoms with van der Waals surface area (Å²) in [6, 6.07) is 2.57. The molecule has 3 aliphatic carbocycles. The molecule has 0 saturated heterocycles. The Balaban J connectivity index is 1.69. The van der Waals surface area contributed by atoms with Crippen LogP contribution in [-0.2, 0) is 20.9 Å². The van der Waals surface area contributed by atoms with Gasteiger partial charge in [0.15, 0.2) is 17.5 Å². The van der Waals surface area contributed by atoms with Crippen molar-refractivity contribution in [3.63, 3.8) is 0 Å². The zero-order valence-electron chi connectivity index (χ0n) is 16.4. The Morgan fingerprint density at radius 1 is 1.21 bits per heavy atom. The minimum absolute atomic E-state index is 0.241. The van der Waals surface area contributed by atoms with Crippen LogP contribution in [-0.4, -0.2) is 43.3 Å². The topological polar surface area (TPSA) is 109 Å². The molecule has 0 amide bonds. The molecule has 0 radical (unpaired) electrons. The molecule has 28 heavy (non-hydrogen) atoms. The predicted molar refractivity (Wildman–Crippen MR) is 99.5 cm³/mol. The summed E-state index contributed by atoms with van der Waals surface area (Å²) in [5, 5.41) is 30.4.